The van der Waals surface area contributed by atoms with E-state index in [0.717, 1.165) is 19.5 Å². The third-order valence-electron chi connectivity index (χ3n) is 3.04. The van der Waals surface area contributed by atoms with Gasteiger partial charge in [-0.3, -0.25) is 4.79 Å². The lowest BCUT2D eigenvalue weighted by Crippen LogP contribution is -2.28. The third-order valence-corrected chi connectivity index (χ3v) is 3.04. The van der Waals surface area contributed by atoms with Crippen molar-refractivity contribution in [3.05, 3.63) is 29.8 Å². The summed E-state index contributed by atoms with van der Waals surface area (Å²) in [4.78, 5) is 13.9. The van der Waals surface area contributed by atoms with Crippen LogP contribution in [-0.4, -0.2) is 42.2 Å². The summed E-state index contributed by atoms with van der Waals surface area (Å²) in [6, 6.07) is 8.83. The highest BCUT2D eigenvalue weighted by molar-refractivity contribution is 5.90. The number of aliphatic hydroxyl groups excluding tert-OH is 1. The standard InChI is InChI=1S/C15H21N3O2/c1-2-18(10-11-19)9-3-4-15(20)17-14-7-5-13(12-16)6-8-14/h5-8,19H,2-4,9-11H2,1H3,(H,17,20). The topological polar surface area (TPSA) is 76.4 Å². The Balaban J connectivity index is 2.31. The fourth-order valence-corrected chi connectivity index (χ4v) is 1.88. The van der Waals surface area contributed by atoms with Gasteiger partial charge in [0.25, 0.3) is 0 Å². The summed E-state index contributed by atoms with van der Waals surface area (Å²) in [5.74, 6) is -0.0326. The van der Waals surface area contributed by atoms with Crippen LogP contribution in [0.3, 0.4) is 0 Å². The number of anilines is 1. The van der Waals surface area contributed by atoms with Gasteiger partial charge >= 0.3 is 0 Å². The maximum atomic E-state index is 11.8. The first-order chi connectivity index (χ1) is 9.69. The van der Waals surface area contributed by atoms with E-state index in [0.29, 0.717) is 24.2 Å². The van der Waals surface area contributed by atoms with Crippen molar-refractivity contribution in [2.45, 2.75) is 19.8 Å². The van der Waals surface area contributed by atoms with Crippen LogP contribution in [0.15, 0.2) is 24.3 Å². The number of carbonyl (C=O) groups is 1. The maximum Gasteiger partial charge on any atom is 0.224 e. The molecule has 0 heterocycles. The molecule has 0 bridgehead atoms. The second-order valence-corrected chi connectivity index (χ2v) is 4.50. The van der Waals surface area contributed by atoms with Crippen molar-refractivity contribution < 1.29 is 9.90 Å². The smallest absolute Gasteiger partial charge is 0.224 e. The minimum Gasteiger partial charge on any atom is -0.395 e. The van der Waals surface area contributed by atoms with Crippen LogP contribution in [0.4, 0.5) is 5.69 Å². The molecular weight excluding hydrogens is 254 g/mol. The number of benzene rings is 1. The highest BCUT2D eigenvalue weighted by Crippen LogP contribution is 2.09. The van der Waals surface area contributed by atoms with Crippen LogP contribution >= 0.6 is 0 Å². The second kappa shape index (κ2) is 9.08. The van der Waals surface area contributed by atoms with Gasteiger partial charge in [-0.25, -0.2) is 0 Å². The fraction of sp³-hybridized carbons (Fsp3) is 0.467. The highest BCUT2D eigenvalue weighted by atomic mass is 16.3. The predicted molar refractivity (Wildman–Crippen MR) is 78.2 cm³/mol. The lowest BCUT2D eigenvalue weighted by atomic mass is 10.2. The zero-order valence-electron chi connectivity index (χ0n) is 11.8. The number of nitriles is 1. The van der Waals surface area contributed by atoms with Gasteiger partial charge in [0.15, 0.2) is 0 Å². The van der Waals surface area contributed by atoms with E-state index in [1.165, 1.54) is 0 Å². The number of rotatable bonds is 8. The van der Waals surface area contributed by atoms with Gasteiger partial charge in [-0.2, -0.15) is 5.26 Å². The lowest BCUT2D eigenvalue weighted by molar-refractivity contribution is -0.116. The van der Waals surface area contributed by atoms with Crippen molar-refractivity contribution in [2.24, 2.45) is 0 Å². The molecule has 108 valence electrons. The summed E-state index contributed by atoms with van der Waals surface area (Å²) in [5, 5.41) is 20.4. The zero-order valence-corrected chi connectivity index (χ0v) is 11.8. The largest absolute Gasteiger partial charge is 0.395 e. The Bertz CT molecular complexity index is 451. The first-order valence-electron chi connectivity index (χ1n) is 6.82. The van der Waals surface area contributed by atoms with Gasteiger partial charge in [-0.05, 0) is 43.8 Å². The Morgan fingerprint density at radius 2 is 2.05 bits per heavy atom. The van der Waals surface area contributed by atoms with Gasteiger partial charge < -0.3 is 15.3 Å². The molecule has 5 heteroatoms. The van der Waals surface area contributed by atoms with Crippen molar-refractivity contribution in [3.8, 4) is 6.07 Å². The van der Waals surface area contributed by atoms with E-state index in [1.54, 1.807) is 24.3 Å². The summed E-state index contributed by atoms with van der Waals surface area (Å²) in [5.41, 5.74) is 1.28. The van der Waals surface area contributed by atoms with Crippen LogP contribution in [0.25, 0.3) is 0 Å². The number of nitrogens with one attached hydrogen (secondary N) is 1. The van der Waals surface area contributed by atoms with Crippen LogP contribution in [0.1, 0.15) is 25.3 Å². The molecule has 0 spiro atoms. The molecule has 1 rings (SSSR count). The number of aliphatic hydroxyl groups is 1. The summed E-state index contributed by atoms with van der Waals surface area (Å²) in [6.45, 7) is 4.50. The number of hydrogen-bond donors (Lipinski definition) is 2. The molecule has 0 radical (unpaired) electrons. The van der Waals surface area contributed by atoms with Gasteiger partial charge in [-0.15, -0.1) is 0 Å². The number of hydrogen-bond acceptors (Lipinski definition) is 4. The minimum atomic E-state index is -0.0326. The molecule has 0 aliphatic rings. The normalized spacial score (nSPS) is 10.3. The average Bonchev–Trinajstić information content (AvgIpc) is 2.47. The van der Waals surface area contributed by atoms with E-state index in [9.17, 15) is 4.79 Å². The van der Waals surface area contributed by atoms with Crippen LogP contribution in [-0.2, 0) is 4.79 Å². The monoisotopic (exact) mass is 275 g/mol. The van der Waals surface area contributed by atoms with Crippen molar-refractivity contribution in [1.82, 2.24) is 4.90 Å². The zero-order chi connectivity index (χ0) is 14.8. The van der Waals surface area contributed by atoms with Crippen LogP contribution in [0.5, 0.6) is 0 Å². The minimum absolute atomic E-state index is 0.0326. The molecule has 2 N–H and O–H groups in total. The Hall–Kier alpha value is -1.90. The number of amides is 1. The molecule has 0 fully saturated rings. The van der Waals surface area contributed by atoms with E-state index in [1.807, 2.05) is 13.0 Å². The highest BCUT2D eigenvalue weighted by Gasteiger charge is 2.05. The molecule has 20 heavy (non-hydrogen) atoms. The third kappa shape index (κ3) is 5.83. The first kappa shape index (κ1) is 16.2. The van der Waals surface area contributed by atoms with Crippen molar-refractivity contribution >= 4 is 11.6 Å². The Kier molecular flexibility index (Phi) is 7.33. The number of likely N-dealkylation sites (N-methyl/N-ethyl adjacent to an activating group) is 1. The molecule has 0 unspecified atom stereocenters. The molecule has 1 aromatic rings. The molecule has 0 aliphatic carbocycles. The van der Waals surface area contributed by atoms with E-state index >= 15 is 0 Å². The molecular formula is C15H21N3O2. The number of nitrogens with zero attached hydrogens (tertiary/aromatic N) is 2. The van der Waals surface area contributed by atoms with E-state index in [4.69, 9.17) is 10.4 Å². The Morgan fingerprint density at radius 1 is 1.35 bits per heavy atom. The van der Waals surface area contributed by atoms with Gasteiger partial charge in [0.2, 0.25) is 5.91 Å². The van der Waals surface area contributed by atoms with Gasteiger partial charge in [-0.1, -0.05) is 6.92 Å². The molecule has 1 amide bonds. The van der Waals surface area contributed by atoms with Crippen LogP contribution < -0.4 is 5.32 Å². The molecule has 0 aliphatic heterocycles. The van der Waals surface area contributed by atoms with Crippen molar-refractivity contribution in [1.29, 1.82) is 5.26 Å². The number of carbonyl (C=O) groups excluding carboxylic acids is 1. The van der Waals surface area contributed by atoms with Gasteiger partial charge in [0.1, 0.15) is 0 Å². The maximum absolute atomic E-state index is 11.8. The predicted octanol–water partition coefficient (Wildman–Crippen LogP) is 1.59. The molecule has 0 atom stereocenters. The molecule has 1 aromatic carbocycles. The Morgan fingerprint density at radius 3 is 2.60 bits per heavy atom. The van der Waals surface area contributed by atoms with Crippen LogP contribution in [0.2, 0.25) is 0 Å². The summed E-state index contributed by atoms with van der Waals surface area (Å²) in [6.07, 6.45) is 1.21. The summed E-state index contributed by atoms with van der Waals surface area (Å²) in [7, 11) is 0. The Labute approximate surface area is 119 Å². The summed E-state index contributed by atoms with van der Waals surface area (Å²) < 4.78 is 0. The van der Waals surface area contributed by atoms with E-state index < -0.39 is 0 Å². The van der Waals surface area contributed by atoms with E-state index in [-0.39, 0.29) is 12.5 Å². The van der Waals surface area contributed by atoms with Crippen LogP contribution in [0, 0.1) is 11.3 Å². The van der Waals surface area contributed by atoms with Crippen molar-refractivity contribution in [3.63, 3.8) is 0 Å². The molecule has 0 aromatic heterocycles. The first-order valence-corrected chi connectivity index (χ1v) is 6.82. The average molecular weight is 275 g/mol. The van der Waals surface area contributed by atoms with Gasteiger partial charge in [0.05, 0.1) is 18.2 Å². The summed E-state index contributed by atoms with van der Waals surface area (Å²) >= 11 is 0. The SMILES string of the molecule is CCN(CCO)CCCC(=O)Nc1ccc(C#N)cc1. The molecule has 0 saturated heterocycles. The van der Waals surface area contributed by atoms with Crippen molar-refractivity contribution in [2.75, 3.05) is 31.6 Å². The molecule has 5 nitrogen and oxygen atoms in total. The lowest BCUT2D eigenvalue weighted by Gasteiger charge is -2.18. The van der Waals surface area contributed by atoms with E-state index in [2.05, 4.69) is 10.2 Å². The second-order valence-electron chi connectivity index (χ2n) is 4.50. The fourth-order valence-electron chi connectivity index (χ4n) is 1.88. The molecule has 0 saturated carbocycles. The van der Waals surface area contributed by atoms with Gasteiger partial charge in [0, 0.05) is 18.7 Å². The quantitative estimate of drug-likeness (QED) is 0.755.